The minimum absolute atomic E-state index is 0.101. The molecule has 7 heteroatoms. The van der Waals surface area contributed by atoms with E-state index in [4.69, 9.17) is 9.57 Å². The van der Waals surface area contributed by atoms with Crippen LogP contribution in [0.15, 0.2) is 78.9 Å². The van der Waals surface area contributed by atoms with Crippen molar-refractivity contribution < 1.29 is 23.6 Å². The number of hydroxylamine groups is 2. The summed E-state index contributed by atoms with van der Waals surface area (Å²) in [4.78, 5) is 30.4. The number of β-lactam (4-membered cyclic amide) rings is 1. The van der Waals surface area contributed by atoms with Crippen LogP contribution >= 0.6 is 0 Å². The number of ether oxygens (including phenoxy) is 1. The summed E-state index contributed by atoms with van der Waals surface area (Å²) in [5.74, 6) is -0.110. The normalized spacial score (nSPS) is 19.1. The highest BCUT2D eigenvalue weighted by molar-refractivity contribution is 5.96. The Balaban J connectivity index is 1.57. The lowest BCUT2D eigenvalue weighted by Gasteiger charge is -2.49. The summed E-state index contributed by atoms with van der Waals surface area (Å²) in [6.07, 6.45) is 0.359. The van der Waals surface area contributed by atoms with Crippen molar-refractivity contribution in [3.8, 4) is 5.75 Å². The molecule has 176 valence electrons. The summed E-state index contributed by atoms with van der Waals surface area (Å²) in [7, 11) is 2.94. The Morgan fingerprint density at radius 1 is 1.03 bits per heavy atom. The number of carbonyl (C=O) groups excluding carboxylic acids is 2. The van der Waals surface area contributed by atoms with Crippen LogP contribution in [0.2, 0.25) is 0 Å². The van der Waals surface area contributed by atoms with Gasteiger partial charge in [0.15, 0.2) is 0 Å². The Kier molecular flexibility index (Phi) is 6.93. The van der Waals surface area contributed by atoms with Crippen LogP contribution in [0, 0.1) is 5.82 Å². The zero-order chi connectivity index (χ0) is 24.1. The van der Waals surface area contributed by atoms with Crippen LogP contribution in [-0.4, -0.2) is 31.0 Å². The lowest BCUT2D eigenvalue weighted by molar-refractivity contribution is -0.169. The molecular weight excluding hydrogens is 435 g/mol. The predicted molar refractivity (Wildman–Crippen MR) is 125 cm³/mol. The molecule has 0 aromatic heterocycles. The standard InChI is InChI=1S/C27H27FN2O4/c1-30(33-2)24(31)16-17-27(21-10-12-22(28)13-11-21)25(29-26(27)32)20-8-14-23(15-9-20)34-18-19-6-4-3-5-7-19/h3-15,25H,16-18H2,1-2H3,(H,29,32)/t25-,27+/m0/s1. The van der Waals surface area contributed by atoms with E-state index < -0.39 is 5.41 Å². The summed E-state index contributed by atoms with van der Waals surface area (Å²) >= 11 is 0. The molecule has 1 aliphatic heterocycles. The third kappa shape index (κ3) is 4.65. The molecule has 1 saturated heterocycles. The Morgan fingerprint density at radius 2 is 1.71 bits per heavy atom. The van der Waals surface area contributed by atoms with Crippen LogP contribution in [0.1, 0.15) is 35.6 Å². The van der Waals surface area contributed by atoms with Crippen LogP contribution in [0.4, 0.5) is 4.39 Å². The minimum atomic E-state index is -0.996. The number of hydrogen-bond donors (Lipinski definition) is 1. The molecule has 1 aliphatic rings. The maximum absolute atomic E-state index is 13.6. The molecule has 4 rings (SSSR count). The monoisotopic (exact) mass is 462 g/mol. The van der Waals surface area contributed by atoms with Crippen LogP contribution in [0.3, 0.4) is 0 Å². The molecule has 34 heavy (non-hydrogen) atoms. The fourth-order valence-electron chi connectivity index (χ4n) is 4.31. The van der Waals surface area contributed by atoms with E-state index in [1.54, 1.807) is 12.1 Å². The smallest absolute Gasteiger partial charge is 0.245 e. The number of rotatable bonds is 9. The topological polar surface area (TPSA) is 67.9 Å². The highest BCUT2D eigenvalue weighted by Crippen LogP contribution is 2.48. The molecule has 1 N–H and O–H groups in total. The number of carbonyl (C=O) groups is 2. The summed E-state index contributed by atoms with van der Waals surface area (Å²) < 4.78 is 19.5. The predicted octanol–water partition coefficient (Wildman–Crippen LogP) is 4.31. The number of halogens is 1. The molecule has 0 radical (unpaired) electrons. The highest BCUT2D eigenvalue weighted by Gasteiger charge is 2.56. The van der Waals surface area contributed by atoms with Crippen LogP contribution < -0.4 is 10.1 Å². The van der Waals surface area contributed by atoms with Crippen molar-refractivity contribution in [1.82, 2.24) is 10.4 Å². The second-order valence-corrected chi connectivity index (χ2v) is 8.30. The van der Waals surface area contributed by atoms with Gasteiger partial charge in [-0.15, -0.1) is 0 Å². The van der Waals surface area contributed by atoms with Gasteiger partial charge in [-0.05, 0) is 47.4 Å². The second-order valence-electron chi connectivity index (χ2n) is 8.30. The fourth-order valence-corrected chi connectivity index (χ4v) is 4.31. The van der Waals surface area contributed by atoms with Crippen LogP contribution in [0.25, 0.3) is 0 Å². The quantitative estimate of drug-likeness (QED) is 0.380. The van der Waals surface area contributed by atoms with E-state index in [1.165, 1.54) is 26.3 Å². The van der Waals surface area contributed by atoms with Gasteiger partial charge in [0.25, 0.3) is 0 Å². The first kappa shape index (κ1) is 23.4. The molecule has 0 unspecified atom stereocenters. The van der Waals surface area contributed by atoms with Crippen LogP contribution in [0.5, 0.6) is 5.75 Å². The van der Waals surface area contributed by atoms with Gasteiger partial charge >= 0.3 is 0 Å². The van der Waals surface area contributed by atoms with Crippen molar-refractivity contribution in [2.24, 2.45) is 0 Å². The van der Waals surface area contributed by atoms with Gasteiger partial charge in [0.05, 0.1) is 18.6 Å². The van der Waals surface area contributed by atoms with Gasteiger partial charge in [-0.2, -0.15) is 0 Å². The average molecular weight is 463 g/mol. The largest absolute Gasteiger partial charge is 0.489 e. The number of hydrogen-bond acceptors (Lipinski definition) is 4. The van der Waals surface area contributed by atoms with E-state index >= 15 is 0 Å². The number of amides is 2. The van der Waals surface area contributed by atoms with Crippen molar-refractivity contribution in [2.45, 2.75) is 30.9 Å². The van der Waals surface area contributed by atoms with Crippen molar-refractivity contribution in [2.75, 3.05) is 14.2 Å². The maximum Gasteiger partial charge on any atom is 0.245 e. The van der Waals surface area contributed by atoms with Crippen molar-refractivity contribution >= 4 is 11.8 Å². The summed E-state index contributed by atoms with van der Waals surface area (Å²) in [6.45, 7) is 0.453. The molecule has 3 aromatic carbocycles. The first-order valence-corrected chi connectivity index (χ1v) is 11.1. The number of nitrogens with one attached hydrogen (secondary N) is 1. The molecule has 1 fully saturated rings. The van der Waals surface area contributed by atoms with E-state index in [9.17, 15) is 14.0 Å². The van der Waals surface area contributed by atoms with Gasteiger partial charge < -0.3 is 10.1 Å². The molecule has 3 aromatic rings. The third-order valence-corrected chi connectivity index (χ3v) is 6.35. The zero-order valence-corrected chi connectivity index (χ0v) is 19.2. The average Bonchev–Trinajstić information content (AvgIpc) is 2.87. The van der Waals surface area contributed by atoms with Gasteiger partial charge in [0.1, 0.15) is 18.2 Å². The van der Waals surface area contributed by atoms with Gasteiger partial charge in [-0.25, -0.2) is 9.45 Å². The molecule has 1 heterocycles. The van der Waals surface area contributed by atoms with Gasteiger partial charge in [-0.1, -0.05) is 54.6 Å². The Bertz CT molecular complexity index is 1140. The molecule has 0 saturated carbocycles. The first-order chi connectivity index (χ1) is 16.4. The van der Waals surface area contributed by atoms with E-state index in [0.29, 0.717) is 17.9 Å². The van der Waals surface area contributed by atoms with E-state index in [1.807, 2.05) is 54.6 Å². The summed E-state index contributed by atoms with van der Waals surface area (Å²) in [5.41, 5.74) is 1.62. The summed E-state index contributed by atoms with van der Waals surface area (Å²) in [5, 5.41) is 4.12. The molecule has 0 bridgehead atoms. The Labute approximate surface area is 198 Å². The van der Waals surface area contributed by atoms with Crippen molar-refractivity contribution in [1.29, 1.82) is 0 Å². The van der Waals surface area contributed by atoms with Crippen LogP contribution in [-0.2, 0) is 26.4 Å². The fraction of sp³-hybridized carbons (Fsp3) is 0.259. The SMILES string of the molecule is CON(C)C(=O)CC[C@]1(c2ccc(F)cc2)C(=O)N[C@H]1c1ccc(OCc2ccccc2)cc1. The van der Waals surface area contributed by atoms with Gasteiger partial charge in [0, 0.05) is 13.5 Å². The number of benzene rings is 3. The third-order valence-electron chi connectivity index (χ3n) is 6.35. The van der Waals surface area contributed by atoms with Gasteiger partial charge in [-0.3, -0.25) is 14.4 Å². The number of nitrogens with zero attached hydrogens (tertiary/aromatic N) is 1. The maximum atomic E-state index is 13.6. The molecule has 2 amide bonds. The zero-order valence-electron chi connectivity index (χ0n) is 19.2. The van der Waals surface area contributed by atoms with Crippen molar-refractivity contribution in [3.63, 3.8) is 0 Å². The van der Waals surface area contributed by atoms with E-state index in [-0.39, 0.29) is 36.5 Å². The Hall–Kier alpha value is -3.71. The minimum Gasteiger partial charge on any atom is -0.489 e. The molecule has 2 atom stereocenters. The Morgan fingerprint density at radius 3 is 2.32 bits per heavy atom. The second kappa shape index (κ2) is 10.1. The van der Waals surface area contributed by atoms with Crippen molar-refractivity contribution in [3.05, 3.63) is 101 Å². The highest BCUT2D eigenvalue weighted by atomic mass is 19.1. The molecule has 0 spiro atoms. The molecule has 6 nitrogen and oxygen atoms in total. The van der Waals surface area contributed by atoms with E-state index in [2.05, 4.69) is 5.32 Å². The molecule has 0 aliphatic carbocycles. The first-order valence-electron chi connectivity index (χ1n) is 11.1. The van der Waals surface area contributed by atoms with Gasteiger partial charge in [0.2, 0.25) is 11.8 Å². The lowest BCUT2D eigenvalue weighted by Crippen LogP contribution is -2.64. The lowest BCUT2D eigenvalue weighted by atomic mass is 9.62. The van der Waals surface area contributed by atoms with E-state index in [0.717, 1.165) is 16.2 Å². The molecular formula is C27H27FN2O4. The summed E-state index contributed by atoms with van der Waals surface area (Å²) in [6, 6.07) is 23.0.